The third-order valence-corrected chi connectivity index (χ3v) is 5.37. The van der Waals surface area contributed by atoms with Gasteiger partial charge in [0, 0.05) is 5.56 Å². The molecule has 148 valence electrons. The molecule has 3 rings (SSSR count). The van der Waals surface area contributed by atoms with Crippen LogP contribution in [0.15, 0.2) is 69.5 Å². The van der Waals surface area contributed by atoms with Gasteiger partial charge in [0.2, 0.25) is 0 Å². The first-order chi connectivity index (χ1) is 14.6. The number of nitrogens with two attached hydrogens (primary N) is 2. The quantitative estimate of drug-likeness (QED) is 0.164. The van der Waals surface area contributed by atoms with Crippen LogP contribution in [0.3, 0.4) is 0 Å². The normalized spacial score (nSPS) is 10.8. The summed E-state index contributed by atoms with van der Waals surface area (Å²) in [5.41, 5.74) is 4.46. The lowest BCUT2D eigenvalue weighted by Gasteiger charge is -2.15. The largest absolute Gasteiger partial charge is 0.322 e. The first-order valence-corrected chi connectivity index (χ1v) is 9.74. The Hall–Kier alpha value is -4.05. The summed E-state index contributed by atoms with van der Waals surface area (Å²) < 4.78 is 0. The Kier molecular flexibility index (Phi) is 6.50. The number of nitrogens with one attached hydrogen (secondary N) is 2. The van der Waals surface area contributed by atoms with Crippen molar-refractivity contribution in [2.24, 2.45) is 16.8 Å². The van der Waals surface area contributed by atoms with E-state index >= 15 is 0 Å². The van der Waals surface area contributed by atoms with Crippen LogP contribution in [0.2, 0.25) is 0 Å². The molecule has 9 heteroatoms. The molecule has 1 aromatic heterocycles. The molecule has 0 aliphatic rings. The Labute approximate surface area is 176 Å². The summed E-state index contributed by atoms with van der Waals surface area (Å²) in [7, 11) is 0. The summed E-state index contributed by atoms with van der Waals surface area (Å²) >= 11 is 1.13. The number of amidine groups is 1. The molecule has 6 N–H and O–H groups in total. The lowest BCUT2D eigenvalue weighted by molar-refractivity contribution is 0.995. The highest BCUT2D eigenvalue weighted by Crippen LogP contribution is 2.37. The van der Waals surface area contributed by atoms with Gasteiger partial charge in [-0.2, -0.15) is 15.6 Å². The van der Waals surface area contributed by atoms with E-state index in [9.17, 15) is 15.3 Å². The van der Waals surface area contributed by atoms with E-state index in [-0.39, 0.29) is 28.3 Å². The van der Waals surface area contributed by atoms with Gasteiger partial charge < -0.3 is 16.3 Å². The highest BCUT2D eigenvalue weighted by Gasteiger charge is 2.22. The van der Waals surface area contributed by atoms with Gasteiger partial charge >= 0.3 is 0 Å². The van der Waals surface area contributed by atoms with Crippen molar-refractivity contribution in [3.63, 3.8) is 0 Å². The topological polar surface area (TPSA) is 157 Å². The number of nitriles is 2. The number of nitrogens with zero attached hydrogens (tertiary/aromatic N) is 3. The molecule has 3 aromatic rings. The van der Waals surface area contributed by atoms with Crippen LogP contribution < -0.4 is 22.7 Å². The number of benzene rings is 2. The van der Waals surface area contributed by atoms with Crippen molar-refractivity contribution in [3.8, 4) is 34.4 Å². The van der Waals surface area contributed by atoms with Crippen LogP contribution in [0.25, 0.3) is 22.3 Å². The van der Waals surface area contributed by atoms with E-state index in [1.165, 1.54) is 0 Å². The van der Waals surface area contributed by atoms with Crippen LogP contribution in [0.5, 0.6) is 0 Å². The second-order valence-electron chi connectivity index (χ2n) is 6.05. The van der Waals surface area contributed by atoms with E-state index in [0.717, 1.165) is 22.9 Å². The number of aromatic nitrogens is 1. The molecule has 8 nitrogen and oxygen atoms in total. The van der Waals surface area contributed by atoms with Gasteiger partial charge in [0.05, 0.1) is 16.3 Å². The fourth-order valence-electron chi connectivity index (χ4n) is 3.00. The zero-order chi connectivity index (χ0) is 21.5. The van der Waals surface area contributed by atoms with Crippen molar-refractivity contribution in [1.82, 2.24) is 10.4 Å². The van der Waals surface area contributed by atoms with Crippen LogP contribution in [-0.4, -0.2) is 16.6 Å². The number of thioether (sulfide) groups is 1. The van der Waals surface area contributed by atoms with Crippen LogP contribution in [0.4, 0.5) is 0 Å². The zero-order valence-corrected chi connectivity index (χ0v) is 16.5. The van der Waals surface area contributed by atoms with E-state index in [1.807, 2.05) is 48.5 Å². The van der Waals surface area contributed by atoms with E-state index in [0.29, 0.717) is 10.6 Å². The number of aromatic amines is 1. The molecule has 30 heavy (non-hydrogen) atoms. The second-order valence-corrected chi connectivity index (χ2v) is 7.04. The van der Waals surface area contributed by atoms with Crippen LogP contribution >= 0.6 is 11.8 Å². The molecular formula is C21H17N7OS. The molecule has 0 bridgehead atoms. The van der Waals surface area contributed by atoms with Gasteiger partial charge in [-0.3, -0.25) is 4.79 Å². The first-order valence-electron chi connectivity index (χ1n) is 8.76. The molecule has 0 aliphatic heterocycles. The Morgan fingerprint density at radius 1 is 1.03 bits per heavy atom. The lowest BCUT2D eigenvalue weighted by Crippen LogP contribution is -2.33. The van der Waals surface area contributed by atoms with Gasteiger partial charge in [-0.1, -0.05) is 66.4 Å². The minimum absolute atomic E-state index is 0.121. The third kappa shape index (κ3) is 4.03. The molecule has 0 radical (unpaired) electrons. The summed E-state index contributed by atoms with van der Waals surface area (Å²) in [6.07, 6.45) is 0. The predicted octanol–water partition coefficient (Wildman–Crippen LogP) is 2.28. The second kappa shape index (κ2) is 9.43. The van der Waals surface area contributed by atoms with Crippen LogP contribution in [-0.2, 0) is 0 Å². The van der Waals surface area contributed by atoms with Crippen molar-refractivity contribution >= 4 is 17.6 Å². The van der Waals surface area contributed by atoms with Gasteiger partial charge in [0.15, 0.2) is 0 Å². The highest BCUT2D eigenvalue weighted by atomic mass is 32.2. The molecule has 0 amide bonds. The maximum absolute atomic E-state index is 12.7. The average molecular weight is 415 g/mol. The van der Waals surface area contributed by atoms with Crippen LogP contribution in [0.1, 0.15) is 11.1 Å². The number of hydrogen-bond donors (Lipinski definition) is 4. The smallest absolute Gasteiger partial charge is 0.267 e. The number of pyridine rings is 1. The predicted molar refractivity (Wildman–Crippen MR) is 117 cm³/mol. The number of rotatable bonds is 5. The molecule has 0 spiro atoms. The number of hydrogen-bond acceptors (Lipinski definition) is 7. The van der Waals surface area contributed by atoms with E-state index in [4.69, 9.17) is 11.7 Å². The maximum atomic E-state index is 12.7. The lowest BCUT2D eigenvalue weighted by atomic mass is 9.90. The van der Waals surface area contributed by atoms with Crippen molar-refractivity contribution in [3.05, 3.63) is 76.1 Å². The summed E-state index contributed by atoms with van der Waals surface area (Å²) in [5, 5.41) is 23.4. The molecular weight excluding hydrogens is 398 g/mol. The standard InChI is InChI=1S/C21H17N7OS/c22-10-16-19(15-9-5-4-8-14(15)13-6-2-1-3-7-13)17(11-23)21(26-20(16)29)30-12-18(27-24)28-25/h1-9H,12,24-25H2,(H,26,29)(H,27,28). The van der Waals surface area contributed by atoms with Crippen molar-refractivity contribution in [2.75, 3.05) is 5.75 Å². The fraction of sp³-hybridized carbons (Fsp3) is 0.0476. The van der Waals surface area contributed by atoms with Crippen molar-refractivity contribution in [1.29, 1.82) is 10.5 Å². The Morgan fingerprint density at radius 2 is 1.67 bits per heavy atom. The monoisotopic (exact) mass is 415 g/mol. The minimum Gasteiger partial charge on any atom is -0.322 e. The molecule has 0 unspecified atom stereocenters. The highest BCUT2D eigenvalue weighted by molar-refractivity contribution is 8.00. The van der Waals surface area contributed by atoms with Gasteiger partial charge in [-0.25, -0.2) is 5.84 Å². The molecule has 1 heterocycles. The maximum Gasteiger partial charge on any atom is 0.267 e. The van der Waals surface area contributed by atoms with Crippen molar-refractivity contribution < 1.29 is 0 Å². The summed E-state index contributed by atoms with van der Waals surface area (Å²) in [6.45, 7) is 0. The van der Waals surface area contributed by atoms with Gasteiger partial charge in [-0.05, 0) is 16.7 Å². The van der Waals surface area contributed by atoms with Gasteiger partial charge in [0.1, 0.15) is 23.5 Å². The Balaban J connectivity index is 2.27. The van der Waals surface area contributed by atoms with E-state index < -0.39 is 5.56 Å². The Bertz CT molecular complexity index is 1240. The average Bonchev–Trinajstić information content (AvgIpc) is 2.80. The number of H-pyrrole nitrogens is 1. The number of hydrazine groups is 1. The Morgan fingerprint density at radius 3 is 2.27 bits per heavy atom. The minimum atomic E-state index is -0.580. The third-order valence-electron chi connectivity index (χ3n) is 4.36. The molecule has 0 fully saturated rings. The van der Waals surface area contributed by atoms with E-state index in [2.05, 4.69) is 21.6 Å². The van der Waals surface area contributed by atoms with Crippen LogP contribution in [0, 0.1) is 22.7 Å². The molecule has 0 atom stereocenters. The molecule has 2 aromatic carbocycles. The van der Waals surface area contributed by atoms with Gasteiger partial charge in [0.25, 0.3) is 5.56 Å². The number of hydrazone groups is 1. The summed E-state index contributed by atoms with van der Waals surface area (Å²) in [5.74, 6) is 11.1. The van der Waals surface area contributed by atoms with Crippen molar-refractivity contribution in [2.45, 2.75) is 5.03 Å². The summed E-state index contributed by atoms with van der Waals surface area (Å²) in [4.78, 5) is 15.3. The zero-order valence-electron chi connectivity index (χ0n) is 15.7. The molecule has 0 saturated heterocycles. The first kappa shape index (κ1) is 20.7. The molecule has 0 saturated carbocycles. The fourth-order valence-corrected chi connectivity index (χ4v) is 3.89. The van der Waals surface area contributed by atoms with Gasteiger partial charge in [-0.15, -0.1) is 0 Å². The summed E-state index contributed by atoms with van der Waals surface area (Å²) in [6, 6.07) is 21.0. The molecule has 0 aliphatic carbocycles. The van der Waals surface area contributed by atoms with E-state index in [1.54, 1.807) is 12.1 Å². The SMILES string of the molecule is N#Cc1c(SC/C(=N/N)NN)[nH]c(=O)c(C#N)c1-c1ccccc1-c1ccccc1.